The summed E-state index contributed by atoms with van der Waals surface area (Å²) in [5.74, 6) is -0.816. The molecule has 0 spiro atoms. The summed E-state index contributed by atoms with van der Waals surface area (Å²) in [6.45, 7) is 4.60. The van der Waals surface area contributed by atoms with Crippen molar-refractivity contribution < 1.29 is 9.90 Å². The first-order valence-electron chi connectivity index (χ1n) is 5.14. The Morgan fingerprint density at radius 2 is 2.53 bits per heavy atom. The quantitative estimate of drug-likeness (QED) is 0.855. The van der Waals surface area contributed by atoms with Gasteiger partial charge in [-0.25, -0.2) is 0 Å². The Kier molecular flexibility index (Phi) is 3.07. The van der Waals surface area contributed by atoms with Gasteiger partial charge in [0.25, 0.3) is 0 Å². The van der Waals surface area contributed by atoms with Gasteiger partial charge in [-0.3, -0.25) is 9.69 Å². The highest BCUT2D eigenvalue weighted by atomic mass is 32.1. The molecule has 1 saturated heterocycles. The van der Waals surface area contributed by atoms with Crippen molar-refractivity contribution in [3.8, 4) is 0 Å². The van der Waals surface area contributed by atoms with Crippen molar-refractivity contribution in [1.82, 2.24) is 4.90 Å². The molecule has 82 valence electrons. The third-order valence-corrected chi connectivity index (χ3v) is 3.72. The molecule has 0 aromatic carbocycles. The molecule has 0 bridgehead atoms. The van der Waals surface area contributed by atoms with Gasteiger partial charge in [0.05, 0.1) is 5.92 Å². The van der Waals surface area contributed by atoms with Gasteiger partial charge in [-0.05, 0) is 36.9 Å². The van der Waals surface area contributed by atoms with E-state index in [4.69, 9.17) is 5.11 Å². The maximum Gasteiger partial charge on any atom is 0.307 e. The fourth-order valence-electron chi connectivity index (χ4n) is 2.02. The molecule has 2 rings (SSSR count). The van der Waals surface area contributed by atoms with Crippen LogP contribution in [0.4, 0.5) is 0 Å². The van der Waals surface area contributed by atoms with Crippen LogP contribution in [-0.4, -0.2) is 29.1 Å². The van der Waals surface area contributed by atoms with Crippen molar-refractivity contribution in [1.29, 1.82) is 0 Å². The molecule has 1 N–H and O–H groups in total. The molecule has 1 aliphatic heterocycles. The zero-order valence-electron chi connectivity index (χ0n) is 8.77. The first kappa shape index (κ1) is 10.6. The summed E-state index contributed by atoms with van der Waals surface area (Å²) in [4.78, 5) is 14.3. The second kappa shape index (κ2) is 4.33. The topological polar surface area (TPSA) is 40.5 Å². The highest BCUT2D eigenvalue weighted by molar-refractivity contribution is 7.10. The molecular weight excluding hydrogens is 210 g/mol. The van der Waals surface area contributed by atoms with E-state index >= 15 is 0 Å². The zero-order chi connectivity index (χ0) is 10.8. The van der Waals surface area contributed by atoms with Gasteiger partial charge in [0.1, 0.15) is 0 Å². The summed E-state index contributed by atoms with van der Waals surface area (Å²) in [6.07, 6.45) is 0.790. The molecule has 2 heterocycles. The molecule has 0 radical (unpaired) electrons. The van der Waals surface area contributed by atoms with Gasteiger partial charge in [-0.15, -0.1) is 11.3 Å². The van der Waals surface area contributed by atoms with E-state index in [0.717, 1.165) is 19.5 Å². The Morgan fingerprint density at radius 3 is 3.07 bits per heavy atom. The number of carboxylic acid groups (broad SMARTS) is 1. The molecule has 1 atom stereocenters. The van der Waals surface area contributed by atoms with Crippen LogP contribution in [0.2, 0.25) is 0 Å². The van der Waals surface area contributed by atoms with Crippen LogP contribution in [0.3, 0.4) is 0 Å². The van der Waals surface area contributed by atoms with E-state index in [2.05, 4.69) is 23.3 Å². The van der Waals surface area contributed by atoms with Crippen LogP contribution in [0.15, 0.2) is 11.4 Å². The fourth-order valence-corrected chi connectivity index (χ4v) is 2.72. The van der Waals surface area contributed by atoms with Crippen molar-refractivity contribution in [2.75, 3.05) is 13.1 Å². The second-order valence-corrected chi connectivity index (χ2v) is 5.24. The fraction of sp³-hybridized carbons (Fsp3) is 0.545. The number of aryl methyl sites for hydroxylation is 1. The van der Waals surface area contributed by atoms with Gasteiger partial charge < -0.3 is 5.11 Å². The largest absolute Gasteiger partial charge is 0.481 e. The zero-order valence-corrected chi connectivity index (χ0v) is 9.59. The van der Waals surface area contributed by atoms with Crippen LogP contribution in [0.1, 0.15) is 16.9 Å². The van der Waals surface area contributed by atoms with Crippen molar-refractivity contribution in [3.05, 3.63) is 21.9 Å². The minimum absolute atomic E-state index is 0.162. The molecule has 0 amide bonds. The number of thiophene rings is 1. The number of carboxylic acids is 1. The predicted octanol–water partition coefficient (Wildman–Crippen LogP) is 1.96. The number of likely N-dealkylation sites (tertiary alicyclic amines) is 1. The summed E-state index contributed by atoms with van der Waals surface area (Å²) in [7, 11) is 0. The smallest absolute Gasteiger partial charge is 0.307 e. The molecule has 1 aliphatic rings. The lowest BCUT2D eigenvalue weighted by Gasteiger charge is -2.13. The van der Waals surface area contributed by atoms with E-state index in [1.165, 1.54) is 10.4 Å². The lowest BCUT2D eigenvalue weighted by Crippen LogP contribution is -2.22. The maximum absolute atomic E-state index is 10.8. The number of carbonyl (C=O) groups is 1. The second-order valence-electron chi connectivity index (χ2n) is 4.12. The standard InChI is InChI=1S/C11H15NO2S/c1-8-4-9(7-15-8)5-12-3-2-10(6-12)11(13)14/h4,7,10H,2-3,5-6H2,1H3,(H,13,14). The van der Waals surface area contributed by atoms with Crippen LogP contribution in [0.5, 0.6) is 0 Å². The Hall–Kier alpha value is -0.870. The highest BCUT2D eigenvalue weighted by Crippen LogP contribution is 2.21. The number of nitrogens with zero attached hydrogens (tertiary/aromatic N) is 1. The Bertz CT molecular complexity index is 361. The summed E-state index contributed by atoms with van der Waals surface area (Å²) >= 11 is 1.75. The molecule has 4 heteroatoms. The third-order valence-electron chi connectivity index (χ3n) is 2.81. The van der Waals surface area contributed by atoms with E-state index < -0.39 is 5.97 Å². The maximum atomic E-state index is 10.8. The van der Waals surface area contributed by atoms with Crippen molar-refractivity contribution in [2.45, 2.75) is 19.9 Å². The highest BCUT2D eigenvalue weighted by Gasteiger charge is 2.27. The van der Waals surface area contributed by atoms with Gasteiger partial charge >= 0.3 is 5.97 Å². The SMILES string of the molecule is Cc1cc(CN2CCC(C(=O)O)C2)cs1. The monoisotopic (exact) mass is 225 g/mol. The molecule has 0 aliphatic carbocycles. The molecule has 1 aromatic heterocycles. The van der Waals surface area contributed by atoms with Gasteiger partial charge in [-0.2, -0.15) is 0 Å². The van der Waals surface area contributed by atoms with Gasteiger partial charge in [0.15, 0.2) is 0 Å². The van der Waals surface area contributed by atoms with E-state index in [0.29, 0.717) is 6.54 Å². The number of hydrogen-bond donors (Lipinski definition) is 1. The van der Waals surface area contributed by atoms with Gasteiger partial charge in [0.2, 0.25) is 0 Å². The van der Waals surface area contributed by atoms with Crippen LogP contribution in [0.25, 0.3) is 0 Å². The van der Waals surface area contributed by atoms with Crippen LogP contribution in [-0.2, 0) is 11.3 Å². The number of aliphatic carboxylic acids is 1. The Morgan fingerprint density at radius 1 is 1.73 bits per heavy atom. The number of hydrogen-bond acceptors (Lipinski definition) is 3. The number of rotatable bonds is 3. The lowest BCUT2D eigenvalue weighted by atomic mass is 10.1. The summed E-state index contributed by atoms with van der Waals surface area (Å²) in [5, 5.41) is 11.0. The first-order valence-corrected chi connectivity index (χ1v) is 6.02. The Balaban J connectivity index is 1.90. The van der Waals surface area contributed by atoms with Crippen LogP contribution in [0, 0.1) is 12.8 Å². The molecule has 1 fully saturated rings. The summed E-state index contributed by atoms with van der Waals surface area (Å²) in [5.41, 5.74) is 1.31. The predicted molar refractivity (Wildman–Crippen MR) is 60.1 cm³/mol. The Labute approximate surface area is 93.3 Å². The summed E-state index contributed by atoms with van der Waals surface area (Å²) in [6, 6.07) is 2.18. The third kappa shape index (κ3) is 2.58. The van der Waals surface area contributed by atoms with Crippen molar-refractivity contribution in [2.24, 2.45) is 5.92 Å². The molecular formula is C11H15NO2S. The van der Waals surface area contributed by atoms with Gasteiger partial charge in [-0.1, -0.05) is 0 Å². The molecule has 15 heavy (non-hydrogen) atoms. The first-order chi connectivity index (χ1) is 7.15. The lowest BCUT2D eigenvalue weighted by molar-refractivity contribution is -0.141. The average molecular weight is 225 g/mol. The van der Waals surface area contributed by atoms with E-state index in [1.807, 2.05) is 0 Å². The molecule has 1 unspecified atom stereocenters. The normalized spacial score (nSPS) is 22.1. The van der Waals surface area contributed by atoms with Crippen LogP contribution >= 0.6 is 11.3 Å². The summed E-state index contributed by atoms with van der Waals surface area (Å²) < 4.78 is 0. The molecule has 3 nitrogen and oxygen atoms in total. The molecule has 0 saturated carbocycles. The van der Waals surface area contributed by atoms with E-state index in [-0.39, 0.29) is 5.92 Å². The van der Waals surface area contributed by atoms with Crippen molar-refractivity contribution >= 4 is 17.3 Å². The van der Waals surface area contributed by atoms with E-state index in [9.17, 15) is 4.79 Å². The van der Waals surface area contributed by atoms with E-state index in [1.54, 1.807) is 11.3 Å². The molecule has 1 aromatic rings. The minimum atomic E-state index is -0.654. The average Bonchev–Trinajstić information content (AvgIpc) is 2.76. The van der Waals surface area contributed by atoms with Crippen molar-refractivity contribution in [3.63, 3.8) is 0 Å². The minimum Gasteiger partial charge on any atom is -0.481 e. The van der Waals surface area contributed by atoms with Gasteiger partial charge in [0, 0.05) is 18.0 Å². The van der Waals surface area contributed by atoms with Crippen LogP contribution < -0.4 is 0 Å².